The number of H-pyrrole nitrogens is 1. The van der Waals surface area contributed by atoms with Crippen LogP contribution < -0.4 is 5.32 Å². The lowest BCUT2D eigenvalue weighted by atomic mass is 9.96. The number of rotatable bonds is 5. The maximum atomic E-state index is 14.0. The van der Waals surface area contributed by atoms with Crippen LogP contribution in [0.4, 0.5) is 10.2 Å². The van der Waals surface area contributed by atoms with Crippen molar-refractivity contribution in [2.45, 2.75) is 19.4 Å². The fraction of sp³-hybridized carbons (Fsp3) is 0.130. The number of fused-ring (bicyclic) bond motifs is 2. The van der Waals surface area contributed by atoms with Gasteiger partial charge in [0.05, 0.1) is 28.6 Å². The number of aromatic nitrogens is 5. The highest BCUT2D eigenvalue weighted by atomic mass is 35.5. The van der Waals surface area contributed by atoms with Crippen molar-refractivity contribution < 1.29 is 4.39 Å². The Bertz CT molecular complexity index is 1400. The number of hydrogen-bond donors (Lipinski definition) is 2. The maximum absolute atomic E-state index is 14.0. The average Bonchev–Trinajstić information content (AvgIpc) is 3.27. The van der Waals surface area contributed by atoms with E-state index in [9.17, 15) is 4.39 Å². The van der Waals surface area contributed by atoms with E-state index in [0.717, 1.165) is 22.9 Å². The van der Waals surface area contributed by atoms with E-state index in [1.807, 2.05) is 18.2 Å². The van der Waals surface area contributed by atoms with Crippen LogP contribution in [-0.2, 0) is 0 Å². The molecule has 0 aliphatic carbocycles. The summed E-state index contributed by atoms with van der Waals surface area (Å²) >= 11 is 6.42. The molecule has 0 radical (unpaired) electrons. The van der Waals surface area contributed by atoms with Crippen molar-refractivity contribution in [1.29, 1.82) is 0 Å². The third-order valence-corrected chi connectivity index (χ3v) is 5.55. The second-order valence-electron chi connectivity index (χ2n) is 7.18. The Kier molecular flexibility index (Phi) is 4.95. The van der Waals surface area contributed by atoms with E-state index in [-0.39, 0.29) is 11.9 Å². The van der Waals surface area contributed by atoms with Gasteiger partial charge in [0.2, 0.25) is 0 Å². The summed E-state index contributed by atoms with van der Waals surface area (Å²) in [5, 5.41) is 4.96. The lowest BCUT2D eigenvalue weighted by Gasteiger charge is -2.22. The fourth-order valence-electron chi connectivity index (χ4n) is 3.75. The van der Waals surface area contributed by atoms with Crippen LogP contribution in [0.2, 0.25) is 5.02 Å². The van der Waals surface area contributed by atoms with E-state index in [0.29, 0.717) is 33.3 Å². The second kappa shape index (κ2) is 7.92. The van der Waals surface area contributed by atoms with Crippen LogP contribution in [0.15, 0.2) is 61.2 Å². The molecule has 31 heavy (non-hydrogen) atoms. The standard InChI is InChI=1S/C23H18ClFN6/c1-2-18(30-23-21-22(27-11-26-21)28-12-29-23)16-10-14-6-4-8-17(24)20(14)31-19(16)13-5-3-7-15(25)9-13/h3-12,18H,2H2,1H3,(H2,26,27,28,29,30)/t18-/m0/s1. The number of nitrogens with one attached hydrogen (secondary N) is 2. The molecule has 8 heteroatoms. The maximum Gasteiger partial charge on any atom is 0.182 e. The summed E-state index contributed by atoms with van der Waals surface area (Å²) in [6, 6.07) is 14.0. The van der Waals surface area contributed by atoms with Gasteiger partial charge in [0.25, 0.3) is 0 Å². The Morgan fingerprint density at radius 3 is 2.81 bits per heavy atom. The number of aromatic amines is 1. The van der Waals surface area contributed by atoms with Gasteiger partial charge < -0.3 is 10.3 Å². The van der Waals surface area contributed by atoms with Gasteiger partial charge in [0.1, 0.15) is 17.7 Å². The molecule has 5 rings (SSSR count). The predicted molar refractivity (Wildman–Crippen MR) is 120 cm³/mol. The predicted octanol–water partition coefficient (Wildman–Crippen LogP) is 5.92. The van der Waals surface area contributed by atoms with E-state index in [1.54, 1.807) is 18.5 Å². The van der Waals surface area contributed by atoms with E-state index in [1.165, 1.54) is 18.5 Å². The summed E-state index contributed by atoms with van der Waals surface area (Å²) in [5.41, 5.74) is 4.28. The van der Waals surface area contributed by atoms with Crippen molar-refractivity contribution >= 4 is 39.5 Å². The lowest BCUT2D eigenvalue weighted by molar-refractivity contribution is 0.628. The topological polar surface area (TPSA) is 79.4 Å². The summed E-state index contributed by atoms with van der Waals surface area (Å²) < 4.78 is 14.0. The molecular weight excluding hydrogens is 415 g/mol. The smallest absolute Gasteiger partial charge is 0.182 e. The van der Waals surface area contributed by atoms with Crippen LogP contribution in [0.25, 0.3) is 33.3 Å². The molecule has 0 aliphatic rings. The number of para-hydroxylation sites is 1. The highest BCUT2D eigenvalue weighted by Crippen LogP contribution is 2.35. The van der Waals surface area contributed by atoms with Crippen molar-refractivity contribution in [3.63, 3.8) is 0 Å². The molecule has 2 aromatic carbocycles. The van der Waals surface area contributed by atoms with Crippen LogP contribution in [0.1, 0.15) is 24.9 Å². The molecule has 0 fully saturated rings. The third kappa shape index (κ3) is 3.57. The Hall–Kier alpha value is -3.58. The Morgan fingerprint density at radius 1 is 1.10 bits per heavy atom. The third-order valence-electron chi connectivity index (χ3n) is 5.24. The quantitative estimate of drug-likeness (QED) is 0.360. The van der Waals surface area contributed by atoms with Crippen molar-refractivity contribution in [1.82, 2.24) is 24.9 Å². The lowest BCUT2D eigenvalue weighted by Crippen LogP contribution is -2.13. The zero-order valence-electron chi connectivity index (χ0n) is 16.6. The number of halogens is 2. The van der Waals surface area contributed by atoms with Gasteiger partial charge >= 0.3 is 0 Å². The van der Waals surface area contributed by atoms with E-state index >= 15 is 0 Å². The van der Waals surface area contributed by atoms with Gasteiger partial charge in [0, 0.05) is 16.5 Å². The van der Waals surface area contributed by atoms with Gasteiger partial charge in [-0.1, -0.05) is 42.8 Å². The zero-order valence-corrected chi connectivity index (χ0v) is 17.4. The molecule has 2 N–H and O–H groups in total. The Morgan fingerprint density at radius 2 is 1.97 bits per heavy atom. The molecule has 0 aliphatic heterocycles. The fourth-order valence-corrected chi connectivity index (χ4v) is 3.97. The first kappa shape index (κ1) is 19.4. The SMILES string of the molecule is CC[C@H](Nc1ncnc2nc[nH]c12)c1cc2cccc(Cl)c2nc1-c1cccc(F)c1. The summed E-state index contributed by atoms with van der Waals surface area (Å²) in [4.78, 5) is 20.7. The van der Waals surface area contributed by atoms with E-state index < -0.39 is 0 Å². The molecule has 6 nitrogen and oxygen atoms in total. The minimum absolute atomic E-state index is 0.143. The molecule has 0 saturated heterocycles. The minimum Gasteiger partial charge on any atom is -0.361 e. The number of pyridine rings is 1. The largest absolute Gasteiger partial charge is 0.361 e. The number of hydrogen-bond acceptors (Lipinski definition) is 5. The molecule has 0 amide bonds. The van der Waals surface area contributed by atoms with Gasteiger partial charge in [-0.2, -0.15) is 0 Å². The van der Waals surface area contributed by atoms with Crippen LogP contribution in [0.5, 0.6) is 0 Å². The molecule has 0 bridgehead atoms. The minimum atomic E-state index is -0.319. The van der Waals surface area contributed by atoms with Crippen LogP contribution in [0.3, 0.4) is 0 Å². The van der Waals surface area contributed by atoms with Crippen molar-refractivity contribution in [2.24, 2.45) is 0 Å². The molecule has 3 heterocycles. The Balaban J connectivity index is 1.69. The number of nitrogens with zero attached hydrogens (tertiary/aromatic N) is 4. The average molecular weight is 433 g/mol. The van der Waals surface area contributed by atoms with E-state index in [4.69, 9.17) is 16.6 Å². The monoisotopic (exact) mass is 432 g/mol. The van der Waals surface area contributed by atoms with Crippen LogP contribution in [0, 0.1) is 5.82 Å². The molecule has 0 unspecified atom stereocenters. The molecule has 3 aromatic heterocycles. The first-order chi connectivity index (χ1) is 15.1. The molecule has 154 valence electrons. The van der Waals surface area contributed by atoms with Gasteiger partial charge in [-0.15, -0.1) is 0 Å². The van der Waals surface area contributed by atoms with Gasteiger partial charge in [-0.05, 0) is 30.7 Å². The van der Waals surface area contributed by atoms with Crippen LogP contribution >= 0.6 is 11.6 Å². The van der Waals surface area contributed by atoms with Crippen molar-refractivity contribution in [3.05, 3.63) is 77.6 Å². The highest BCUT2D eigenvalue weighted by Gasteiger charge is 2.20. The second-order valence-corrected chi connectivity index (χ2v) is 7.58. The summed E-state index contributed by atoms with van der Waals surface area (Å²) in [6.07, 6.45) is 3.81. The van der Waals surface area contributed by atoms with Crippen molar-refractivity contribution in [2.75, 3.05) is 5.32 Å². The summed E-state index contributed by atoms with van der Waals surface area (Å²) in [6.45, 7) is 2.07. The van der Waals surface area contributed by atoms with Crippen LogP contribution in [-0.4, -0.2) is 24.9 Å². The Labute approximate surface area is 182 Å². The zero-order chi connectivity index (χ0) is 21.4. The van der Waals surface area contributed by atoms with Gasteiger partial charge in [0.15, 0.2) is 11.5 Å². The number of benzene rings is 2. The normalized spacial score (nSPS) is 12.4. The molecule has 1 atom stereocenters. The molecule has 0 saturated carbocycles. The summed E-state index contributed by atoms with van der Waals surface area (Å²) in [7, 11) is 0. The van der Waals surface area contributed by atoms with E-state index in [2.05, 4.69) is 38.2 Å². The molecular formula is C23H18ClFN6. The molecule has 0 spiro atoms. The first-order valence-electron chi connectivity index (χ1n) is 9.89. The number of anilines is 1. The summed E-state index contributed by atoms with van der Waals surface area (Å²) in [5.74, 6) is 0.325. The highest BCUT2D eigenvalue weighted by molar-refractivity contribution is 6.35. The molecule has 5 aromatic rings. The number of imidazole rings is 1. The van der Waals surface area contributed by atoms with Gasteiger partial charge in [-0.25, -0.2) is 24.3 Å². The van der Waals surface area contributed by atoms with Crippen molar-refractivity contribution in [3.8, 4) is 11.3 Å². The van der Waals surface area contributed by atoms with Gasteiger partial charge in [-0.3, -0.25) is 0 Å². The first-order valence-corrected chi connectivity index (χ1v) is 10.3.